The van der Waals surface area contributed by atoms with Gasteiger partial charge in [-0.05, 0) is 86.6 Å². The number of amides is 1. The zero-order chi connectivity index (χ0) is 34.1. The zero-order valence-corrected chi connectivity index (χ0v) is 27.1. The number of benzene rings is 7. The van der Waals surface area contributed by atoms with E-state index in [9.17, 15) is 27.7 Å². The number of fused-ring (bicyclic) bond motifs is 2. The zero-order valence-electron chi connectivity index (χ0n) is 25.4. The number of nitrogen functional groups attached to an aromatic ring is 2. The first-order valence-electron chi connectivity index (χ1n) is 15.2. The van der Waals surface area contributed by atoms with Crippen LogP contribution in [-0.2, 0) is 28.0 Å². The summed E-state index contributed by atoms with van der Waals surface area (Å²) in [6.45, 7) is 0.358. The molecule has 0 bridgehead atoms. The summed E-state index contributed by atoms with van der Waals surface area (Å²) in [5.41, 5.74) is 16.8. The number of carbonyl (C=O) groups excluding carboxylic acids is 2. The van der Waals surface area contributed by atoms with Crippen LogP contribution in [0.15, 0.2) is 88.7 Å². The van der Waals surface area contributed by atoms with Crippen molar-refractivity contribution in [3.05, 3.63) is 101 Å². The first-order chi connectivity index (χ1) is 23.5. The van der Waals surface area contributed by atoms with Crippen LogP contribution in [0.4, 0.5) is 22.7 Å². The molecule has 7 aromatic carbocycles. The molecule has 7 aromatic rings. The van der Waals surface area contributed by atoms with Crippen LogP contribution in [0.2, 0.25) is 0 Å². The number of anilines is 4. The van der Waals surface area contributed by atoms with Crippen LogP contribution < -0.4 is 21.3 Å². The van der Waals surface area contributed by atoms with E-state index in [1.807, 2.05) is 30.2 Å². The summed E-state index contributed by atoms with van der Waals surface area (Å²) in [5.74, 6) is 1.85. The first-order valence-corrected chi connectivity index (χ1v) is 17.1. The summed E-state index contributed by atoms with van der Waals surface area (Å²) in [7, 11) is -4.56. The van der Waals surface area contributed by atoms with E-state index in [2.05, 4.69) is 12.6 Å². The molecule has 0 aliphatic carbocycles. The maximum Gasteiger partial charge on any atom is 0.294 e. The molecule has 6 N–H and O–H groups in total. The van der Waals surface area contributed by atoms with E-state index in [0.717, 1.165) is 43.3 Å². The predicted molar refractivity (Wildman–Crippen MR) is 194 cm³/mol. The highest BCUT2D eigenvalue weighted by molar-refractivity contribution is 7.85. The van der Waals surface area contributed by atoms with Crippen molar-refractivity contribution in [2.24, 2.45) is 0 Å². The number of hydrogen-bond acceptors (Lipinski definition) is 9. The van der Waals surface area contributed by atoms with Gasteiger partial charge < -0.3 is 26.4 Å². The molecule has 0 spiro atoms. The lowest BCUT2D eigenvalue weighted by Crippen LogP contribution is -2.34. The summed E-state index contributed by atoms with van der Waals surface area (Å²) in [6.07, 6.45) is 0. The number of phenolic OH excluding ortho intramolecular Hbond substituents is 1. The van der Waals surface area contributed by atoms with Gasteiger partial charge in [-0.1, -0.05) is 30.3 Å². The normalized spacial score (nSPS) is 14.5. The smallest absolute Gasteiger partial charge is 0.294 e. The SMILES string of the molecule is Nc1ccc(S)cc1N1Cc2ccc3c4ccc5c6c(cc(O)c(c7ccc(c2c37)C1=O)c64)CN(c1cc(S(=O)(=O)O)ccc1N)C5=C=O. The van der Waals surface area contributed by atoms with Gasteiger partial charge in [0, 0.05) is 38.7 Å². The van der Waals surface area contributed by atoms with Gasteiger partial charge in [0.25, 0.3) is 16.0 Å². The molecule has 12 heteroatoms. The second-order valence-electron chi connectivity index (χ2n) is 12.4. The fraction of sp³-hybridized carbons (Fsp3) is 0.0541. The third-order valence-electron chi connectivity index (χ3n) is 9.80. The van der Waals surface area contributed by atoms with Gasteiger partial charge in [-0.15, -0.1) is 12.6 Å². The molecule has 49 heavy (non-hydrogen) atoms. The summed E-state index contributed by atoms with van der Waals surface area (Å²) in [6, 6.07) is 22.0. The summed E-state index contributed by atoms with van der Waals surface area (Å²) in [4.78, 5) is 30.2. The van der Waals surface area contributed by atoms with Gasteiger partial charge in [0.1, 0.15) is 11.4 Å². The Labute approximate surface area is 283 Å². The second kappa shape index (κ2) is 9.88. The Balaban J connectivity index is 1.29. The van der Waals surface area contributed by atoms with Gasteiger partial charge in [-0.2, -0.15) is 8.42 Å². The highest BCUT2D eigenvalue weighted by Gasteiger charge is 2.33. The largest absolute Gasteiger partial charge is 0.507 e. The van der Waals surface area contributed by atoms with Crippen LogP contribution in [0.1, 0.15) is 27.0 Å². The standard InChI is InChI=1S/C37H24N4O6S2/c38-26-9-2-19(48)12-28(26)41-14-17-1-4-21-22-5-6-23-30(16-42)40(29-13-20(49(45,46)47)3-10-27(29)39)15-18-11-31(43)35(36(22)33(18)23)24-7-8-25(37(41)44)32(17)34(21)24/h1-13,43,48H,14-15,38-39H2,(H,45,46,47). The molecule has 0 atom stereocenters. The van der Waals surface area contributed by atoms with Crippen molar-refractivity contribution in [1.82, 2.24) is 0 Å². The Kier molecular flexibility index (Phi) is 5.92. The van der Waals surface area contributed by atoms with Crippen molar-refractivity contribution in [1.29, 1.82) is 0 Å². The van der Waals surface area contributed by atoms with Gasteiger partial charge in [0.2, 0.25) is 0 Å². The minimum atomic E-state index is -4.56. The Bertz CT molecular complexity index is 2850. The summed E-state index contributed by atoms with van der Waals surface area (Å²) < 4.78 is 33.6. The topological polar surface area (TPSA) is 167 Å². The summed E-state index contributed by atoms with van der Waals surface area (Å²) >= 11 is 4.46. The van der Waals surface area contributed by atoms with E-state index in [1.165, 1.54) is 23.1 Å². The molecule has 0 aromatic heterocycles. The molecular weight excluding hydrogens is 661 g/mol. The molecule has 2 aliphatic heterocycles. The van der Waals surface area contributed by atoms with E-state index < -0.39 is 10.1 Å². The average Bonchev–Trinajstić information content (AvgIpc) is 3.07. The molecule has 2 aliphatic rings. The molecule has 2 heterocycles. The van der Waals surface area contributed by atoms with Gasteiger partial charge in [-0.25, -0.2) is 4.79 Å². The minimum Gasteiger partial charge on any atom is -0.507 e. The number of thiol groups is 1. The van der Waals surface area contributed by atoms with Crippen LogP contribution in [0, 0.1) is 0 Å². The first kappa shape index (κ1) is 29.4. The third-order valence-corrected chi connectivity index (χ3v) is 10.9. The van der Waals surface area contributed by atoms with Crippen LogP contribution in [0.25, 0.3) is 48.8 Å². The Morgan fingerprint density at radius 1 is 0.694 bits per heavy atom. The Hall–Kier alpha value is -5.78. The van der Waals surface area contributed by atoms with Gasteiger partial charge in [0.05, 0.1) is 34.2 Å². The third kappa shape index (κ3) is 3.97. The van der Waals surface area contributed by atoms with Crippen LogP contribution in [0.3, 0.4) is 0 Å². The Morgan fingerprint density at radius 2 is 1.33 bits per heavy atom. The molecule has 10 nitrogen and oxygen atoms in total. The highest BCUT2D eigenvalue weighted by atomic mass is 32.2. The Morgan fingerprint density at radius 3 is 2.08 bits per heavy atom. The van der Waals surface area contributed by atoms with Gasteiger partial charge in [-0.3, -0.25) is 9.35 Å². The minimum absolute atomic E-state index is 0.00697. The van der Waals surface area contributed by atoms with E-state index in [1.54, 1.807) is 41.3 Å². The fourth-order valence-corrected chi connectivity index (χ4v) is 8.44. The van der Waals surface area contributed by atoms with Crippen LogP contribution in [-0.4, -0.2) is 29.9 Å². The van der Waals surface area contributed by atoms with Gasteiger partial charge in [0.15, 0.2) is 5.94 Å². The van der Waals surface area contributed by atoms with Crippen molar-refractivity contribution in [2.45, 2.75) is 22.9 Å². The molecule has 1 amide bonds. The van der Waals surface area contributed by atoms with Crippen LogP contribution in [0.5, 0.6) is 5.75 Å². The van der Waals surface area contributed by atoms with Crippen molar-refractivity contribution >= 4 is 106 Å². The number of aromatic hydroxyl groups is 1. The lowest BCUT2D eigenvalue weighted by Gasteiger charge is -2.34. The molecule has 0 unspecified atom stereocenters. The molecule has 0 fully saturated rings. The maximum absolute atomic E-state index is 14.0. The average molecular weight is 685 g/mol. The van der Waals surface area contributed by atoms with Crippen molar-refractivity contribution in [3.63, 3.8) is 0 Å². The van der Waals surface area contributed by atoms with Crippen molar-refractivity contribution < 1.29 is 27.7 Å². The molecular formula is C37H24N4O6S2. The number of phenols is 1. The second-order valence-corrected chi connectivity index (χ2v) is 14.3. The lowest BCUT2D eigenvalue weighted by molar-refractivity contribution is 0.0984. The van der Waals surface area contributed by atoms with E-state index in [4.69, 9.17) is 11.5 Å². The van der Waals surface area contributed by atoms with E-state index in [0.29, 0.717) is 44.9 Å². The number of carbonyl (C=O) groups is 1. The lowest BCUT2D eigenvalue weighted by atomic mass is 9.81. The highest BCUT2D eigenvalue weighted by Crippen LogP contribution is 2.51. The summed E-state index contributed by atoms with van der Waals surface area (Å²) in [5, 5.41) is 17.9. The fourth-order valence-electron chi connectivity index (χ4n) is 7.74. The molecule has 240 valence electrons. The van der Waals surface area contributed by atoms with E-state index >= 15 is 0 Å². The van der Waals surface area contributed by atoms with Gasteiger partial charge >= 0.3 is 0 Å². The number of nitrogens with two attached hydrogens (primary N) is 2. The maximum atomic E-state index is 14.0. The van der Waals surface area contributed by atoms with Crippen molar-refractivity contribution in [3.8, 4) is 5.75 Å². The quantitative estimate of drug-likeness (QED) is 0.0349. The number of hydrogen-bond donors (Lipinski definition) is 5. The van der Waals surface area contributed by atoms with Crippen LogP contribution >= 0.6 is 12.6 Å². The molecule has 0 saturated heterocycles. The number of nitrogens with zero attached hydrogens (tertiary/aromatic N) is 2. The monoisotopic (exact) mass is 684 g/mol. The molecule has 0 saturated carbocycles. The molecule has 9 rings (SSSR count). The number of rotatable bonds is 3. The molecule has 0 radical (unpaired) electrons. The predicted octanol–water partition coefficient (Wildman–Crippen LogP) is 6.50. The van der Waals surface area contributed by atoms with E-state index in [-0.39, 0.29) is 40.2 Å². The van der Waals surface area contributed by atoms with Crippen molar-refractivity contribution in [2.75, 3.05) is 21.3 Å².